The van der Waals surface area contributed by atoms with Gasteiger partial charge < -0.3 is 5.11 Å². The molecule has 1 atom stereocenters. The van der Waals surface area contributed by atoms with Crippen LogP contribution in [0.25, 0.3) is 0 Å². The number of carbonyl (C=O) groups is 1. The third-order valence-electron chi connectivity index (χ3n) is 3.13. The van der Waals surface area contributed by atoms with E-state index in [4.69, 9.17) is 11.6 Å². The van der Waals surface area contributed by atoms with Crippen molar-refractivity contribution in [3.63, 3.8) is 0 Å². The monoisotopic (exact) mass is 289 g/mol. The molecular weight excluding hydrogens is 274 g/mol. The lowest BCUT2D eigenvalue weighted by molar-refractivity contribution is -0.141. The van der Waals surface area contributed by atoms with Gasteiger partial charge in [-0.3, -0.25) is 9.78 Å². The largest absolute Gasteiger partial charge is 0.481 e. The first-order valence-electron chi connectivity index (χ1n) is 6.42. The van der Waals surface area contributed by atoms with E-state index in [1.54, 1.807) is 18.5 Å². The number of carboxylic acid groups (broad SMARTS) is 1. The fraction of sp³-hybridized carbons (Fsp3) is 0.250. The number of hydrogen-bond donors (Lipinski definition) is 1. The quantitative estimate of drug-likeness (QED) is 0.916. The minimum absolute atomic E-state index is 0.462. The zero-order valence-electron chi connectivity index (χ0n) is 11.2. The van der Waals surface area contributed by atoms with Gasteiger partial charge in [0.25, 0.3) is 0 Å². The fourth-order valence-corrected chi connectivity index (χ4v) is 2.42. The number of carboxylic acids is 1. The molecule has 0 aliphatic rings. The van der Waals surface area contributed by atoms with Crippen molar-refractivity contribution >= 4 is 17.6 Å². The highest BCUT2D eigenvalue weighted by molar-refractivity contribution is 6.30. The molecule has 1 N–H and O–H groups in total. The van der Waals surface area contributed by atoms with Crippen LogP contribution in [0.3, 0.4) is 0 Å². The van der Waals surface area contributed by atoms with Crippen LogP contribution >= 0.6 is 11.6 Å². The molecule has 20 heavy (non-hydrogen) atoms. The third-order valence-corrected chi connectivity index (χ3v) is 3.37. The molecule has 0 saturated carbocycles. The SMILES string of the molecule is Cc1cncc(CC(Cc2cccc(Cl)c2)C(=O)O)c1. The zero-order chi connectivity index (χ0) is 14.5. The van der Waals surface area contributed by atoms with Crippen LogP contribution in [-0.2, 0) is 17.6 Å². The van der Waals surface area contributed by atoms with E-state index in [-0.39, 0.29) is 0 Å². The van der Waals surface area contributed by atoms with E-state index in [2.05, 4.69) is 4.98 Å². The molecule has 0 amide bonds. The second-order valence-corrected chi connectivity index (χ2v) is 5.38. The van der Waals surface area contributed by atoms with Crippen LogP contribution < -0.4 is 0 Å². The number of aryl methyl sites for hydroxylation is 1. The van der Waals surface area contributed by atoms with E-state index in [1.165, 1.54) is 0 Å². The number of aromatic nitrogens is 1. The Labute approximate surface area is 123 Å². The van der Waals surface area contributed by atoms with Crippen molar-refractivity contribution in [2.24, 2.45) is 5.92 Å². The lowest BCUT2D eigenvalue weighted by Crippen LogP contribution is -2.19. The molecule has 1 aromatic carbocycles. The maximum absolute atomic E-state index is 11.4. The first-order chi connectivity index (χ1) is 9.54. The highest BCUT2D eigenvalue weighted by atomic mass is 35.5. The summed E-state index contributed by atoms with van der Waals surface area (Å²) in [4.78, 5) is 15.5. The maximum atomic E-state index is 11.4. The van der Waals surface area contributed by atoms with Crippen molar-refractivity contribution in [3.8, 4) is 0 Å². The molecule has 1 unspecified atom stereocenters. The van der Waals surface area contributed by atoms with Gasteiger partial charge in [0, 0.05) is 17.4 Å². The topological polar surface area (TPSA) is 50.2 Å². The number of halogens is 1. The molecule has 3 nitrogen and oxygen atoms in total. The molecule has 2 aromatic rings. The van der Waals surface area contributed by atoms with Crippen LogP contribution in [0.2, 0.25) is 5.02 Å². The van der Waals surface area contributed by atoms with Crippen molar-refractivity contribution in [2.75, 3.05) is 0 Å². The molecule has 2 rings (SSSR count). The Balaban J connectivity index is 2.13. The van der Waals surface area contributed by atoms with Gasteiger partial charge in [-0.05, 0) is 48.6 Å². The van der Waals surface area contributed by atoms with E-state index in [0.29, 0.717) is 17.9 Å². The predicted molar refractivity (Wildman–Crippen MR) is 79.0 cm³/mol. The van der Waals surface area contributed by atoms with E-state index < -0.39 is 11.9 Å². The molecule has 0 saturated heterocycles. The van der Waals surface area contributed by atoms with Gasteiger partial charge in [0.2, 0.25) is 0 Å². The Hall–Kier alpha value is -1.87. The average molecular weight is 290 g/mol. The van der Waals surface area contributed by atoms with Crippen LogP contribution in [0.4, 0.5) is 0 Å². The van der Waals surface area contributed by atoms with Crippen LogP contribution in [0, 0.1) is 12.8 Å². The molecule has 0 bridgehead atoms. The number of rotatable bonds is 5. The molecule has 104 valence electrons. The van der Waals surface area contributed by atoms with Gasteiger partial charge >= 0.3 is 5.97 Å². The second kappa shape index (κ2) is 6.53. The Kier molecular flexibility index (Phi) is 4.74. The summed E-state index contributed by atoms with van der Waals surface area (Å²) in [5.41, 5.74) is 2.92. The van der Waals surface area contributed by atoms with Crippen LogP contribution in [-0.4, -0.2) is 16.1 Å². The number of aliphatic carboxylic acids is 1. The van der Waals surface area contributed by atoms with E-state index in [9.17, 15) is 9.90 Å². The van der Waals surface area contributed by atoms with Gasteiger partial charge in [-0.15, -0.1) is 0 Å². The molecule has 4 heteroatoms. The molecule has 1 heterocycles. The van der Waals surface area contributed by atoms with Crippen molar-refractivity contribution in [1.29, 1.82) is 0 Å². The van der Waals surface area contributed by atoms with Gasteiger partial charge in [-0.2, -0.15) is 0 Å². The minimum Gasteiger partial charge on any atom is -0.481 e. The van der Waals surface area contributed by atoms with Crippen LogP contribution in [0.15, 0.2) is 42.7 Å². The first kappa shape index (κ1) is 14.5. The highest BCUT2D eigenvalue weighted by Crippen LogP contribution is 2.18. The smallest absolute Gasteiger partial charge is 0.307 e. The summed E-state index contributed by atoms with van der Waals surface area (Å²) in [5.74, 6) is -1.27. The average Bonchev–Trinajstić information content (AvgIpc) is 2.38. The number of benzene rings is 1. The van der Waals surface area contributed by atoms with Gasteiger partial charge in [-0.25, -0.2) is 0 Å². The summed E-state index contributed by atoms with van der Waals surface area (Å²) in [6.07, 6.45) is 4.41. The van der Waals surface area contributed by atoms with E-state index in [1.807, 2.05) is 31.2 Å². The van der Waals surface area contributed by atoms with Crippen molar-refractivity contribution in [2.45, 2.75) is 19.8 Å². The maximum Gasteiger partial charge on any atom is 0.307 e. The summed E-state index contributed by atoms with van der Waals surface area (Å²) in [7, 11) is 0. The minimum atomic E-state index is -0.800. The van der Waals surface area contributed by atoms with Crippen molar-refractivity contribution < 1.29 is 9.90 Å². The molecule has 1 aromatic heterocycles. The van der Waals surface area contributed by atoms with Gasteiger partial charge in [0.15, 0.2) is 0 Å². The Bertz CT molecular complexity index is 565. The third kappa shape index (κ3) is 4.07. The Morgan fingerprint density at radius 1 is 1.25 bits per heavy atom. The number of hydrogen-bond acceptors (Lipinski definition) is 2. The zero-order valence-corrected chi connectivity index (χ0v) is 12.0. The summed E-state index contributed by atoms with van der Waals surface area (Å²) in [6.45, 7) is 1.95. The molecular formula is C16H16ClNO2. The Morgan fingerprint density at radius 3 is 2.65 bits per heavy atom. The summed E-state index contributed by atoms with van der Waals surface area (Å²) < 4.78 is 0. The lowest BCUT2D eigenvalue weighted by Gasteiger charge is -2.13. The predicted octanol–water partition coefficient (Wildman–Crippen LogP) is 3.53. The van der Waals surface area contributed by atoms with Crippen LogP contribution in [0.1, 0.15) is 16.7 Å². The number of nitrogens with zero attached hydrogens (tertiary/aromatic N) is 1. The normalized spacial score (nSPS) is 12.1. The van der Waals surface area contributed by atoms with E-state index in [0.717, 1.165) is 16.7 Å². The summed E-state index contributed by atoms with van der Waals surface area (Å²) in [6, 6.07) is 9.30. The fourth-order valence-electron chi connectivity index (χ4n) is 2.21. The number of pyridine rings is 1. The summed E-state index contributed by atoms with van der Waals surface area (Å²) in [5, 5.41) is 10.0. The standard InChI is InChI=1S/C16H16ClNO2/c1-11-5-13(10-18-9-11)7-14(16(19)20)6-12-3-2-4-15(17)8-12/h2-5,8-10,14H,6-7H2,1H3,(H,19,20). The van der Waals surface area contributed by atoms with Crippen molar-refractivity contribution in [1.82, 2.24) is 4.98 Å². The molecule has 0 fully saturated rings. The van der Waals surface area contributed by atoms with Gasteiger partial charge in [-0.1, -0.05) is 29.8 Å². The van der Waals surface area contributed by atoms with Gasteiger partial charge in [0.1, 0.15) is 0 Å². The van der Waals surface area contributed by atoms with E-state index >= 15 is 0 Å². The molecule has 0 aliphatic carbocycles. The summed E-state index contributed by atoms with van der Waals surface area (Å²) >= 11 is 5.93. The molecule has 0 spiro atoms. The molecule has 0 aliphatic heterocycles. The highest BCUT2D eigenvalue weighted by Gasteiger charge is 2.19. The van der Waals surface area contributed by atoms with Crippen LogP contribution in [0.5, 0.6) is 0 Å². The lowest BCUT2D eigenvalue weighted by atomic mass is 9.93. The Morgan fingerprint density at radius 2 is 2.00 bits per heavy atom. The molecule has 0 radical (unpaired) electrons. The van der Waals surface area contributed by atoms with Crippen molar-refractivity contribution in [3.05, 3.63) is 64.4 Å². The second-order valence-electron chi connectivity index (χ2n) is 4.94. The first-order valence-corrected chi connectivity index (χ1v) is 6.80. The van der Waals surface area contributed by atoms with Gasteiger partial charge in [0.05, 0.1) is 5.92 Å².